The topological polar surface area (TPSA) is 184 Å². The third-order valence-corrected chi connectivity index (χ3v) is 9.55. The number of hydrogen-bond donors (Lipinski definition) is 2. The summed E-state index contributed by atoms with van der Waals surface area (Å²) in [5.74, 6) is -4.43. The molecule has 0 bridgehead atoms. The fourth-order valence-corrected chi connectivity index (χ4v) is 7.10. The Morgan fingerprint density at radius 3 is 2.33 bits per heavy atom. The van der Waals surface area contributed by atoms with Crippen molar-refractivity contribution in [3.63, 3.8) is 0 Å². The van der Waals surface area contributed by atoms with Crippen LogP contribution in [0.3, 0.4) is 0 Å². The number of carbonyl (C=O) groups excluding carboxylic acids is 4. The molecule has 0 fully saturated rings. The van der Waals surface area contributed by atoms with Gasteiger partial charge in [0.25, 0.3) is 0 Å². The highest BCUT2D eigenvalue weighted by atomic mass is 16.7. The van der Waals surface area contributed by atoms with Gasteiger partial charge in [-0.1, -0.05) is 43.3 Å². The van der Waals surface area contributed by atoms with Crippen molar-refractivity contribution in [1.82, 2.24) is 4.90 Å². The Morgan fingerprint density at radius 1 is 1.04 bits per heavy atom. The number of likely N-dealkylation sites (N-methyl/N-ethyl adjacent to an activating group) is 1. The van der Waals surface area contributed by atoms with Gasteiger partial charge in [-0.05, 0) is 65.4 Å². The maximum Gasteiger partial charge on any atom is 0.514 e. The maximum atomic E-state index is 13.5. The summed E-state index contributed by atoms with van der Waals surface area (Å²) in [5.41, 5.74) is -1.89. The van der Waals surface area contributed by atoms with Crippen LogP contribution in [0.1, 0.15) is 77.2 Å². The first kappa shape index (κ1) is 37.3. The average molecular weight is 710 g/mol. The highest BCUT2D eigenvalue weighted by Gasteiger charge is 2.68. The van der Waals surface area contributed by atoms with Gasteiger partial charge in [0, 0.05) is 30.5 Å². The molecule has 0 unspecified atom stereocenters. The molecule has 0 aromatic heterocycles. The summed E-state index contributed by atoms with van der Waals surface area (Å²) in [7, 11) is 1.91. The largest absolute Gasteiger partial charge is 0.514 e. The number of carboxylic acids is 1. The van der Waals surface area contributed by atoms with Gasteiger partial charge < -0.3 is 43.5 Å². The maximum absolute atomic E-state index is 13.5. The number of aliphatic hydroxyl groups is 1. The number of nitrogens with zero attached hydrogens (tertiary/aromatic N) is 1. The minimum absolute atomic E-state index is 0.0139. The molecular formula is C37H43NO13. The number of carbonyl (C=O) groups is 5. The van der Waals surface area contributed by atoms with Gasteiger partial charge in [-0.3, -0.25) is 9.59 Å². The normalized spacial score (nSPS) is 24.2. The SMILES string of the molecule is CCN(C)[C@@H]1Cc2ccc(OC(=O)OC(C)(C)C)c3c2[C@@]2(C)[C@@H](O3)C(OC(=O)C[C@H](OC(C)=O)C(=O)O[C@H](C(=O)O)c3ccccc3)=CC[C@@]12O. The van der Waals surface area contributed by atoms with Gasteiger partial charge >= 0.3 is 30.0 Å². The highest BCUT2D eigenvalue weighted by molar-refractivity contribution is 5.87. The van der Waals surface area contributed by atoms with E-state index in [2.05, 4.69) is 0 Å². The molecule has 14 heteroatoms. The number of rotatable bonds is 11. The zero-order valence-electron chi connectivity index (χ0n) is 29.6. The Balaban J connectivity index is 1.44. The second-order valence-electron chi connectivity index (χ2n) is 14.1. The van der Waals surface area contributed by atoms with E-state index in [0.29, 0.717) is 18.5 Å². The lowest BCUT2D eigenvalue weighted by atomic mass is 9.54. The molecule has 51 heavy (non-hydrogen) atoms. The van der Waals surface area contributed by atoms with Crippen LogP contribution in [0.15, 0.2) is 54.3 Å². The Kier molecular flexibility index (Phi) is 10.2. The molecule has 2 aromatic rings. The Morgan fingerprint density at radius 2 is 1.73 bits per heavy atom. The van der Waals surface area contributed by atoms with E-state index in [9.17, 15) is 34.2 Å². The first-order chi connectivity index (χ1) is 23.9. The first-order valence-electron chi connectivity index (χ1n) is 16.6. The summed E-state index contributed by atoms with van der Waals surface area (Å²) >= 11 is 0. The summed E-state index contributed by atoms with van der Waals surface area (Å²) in [6.07, 6.45) is -4.40. The molecule has 14 nitrogen and oxygen atoms in total. The van der Waals surface area contributed by atoms with Crippen LogP contribution in [0.4, 0.5) is 4.79 Å². The van der Waals surface area contributed by atoms with Crippen LogP contribution < -0.4 is 9.47 Å². The second-order valence-corrected chi connectivity index (χ2v) is 14.1. The summed E-state index contributed by atoms with van der Waals surface area (Å²) in [4.78, 5) is 65.3. The monoisotopic (exact) mass is 709 g/mol. The van der Waals surface area contributed by atoms with Crippen molar-refractivity contribution < 1.29 is 62.6 Å². The van der Waals surface area contributed by atoms with Crippen molar-refractivity contribution >= 4 is 30.0 Å². The summed E-state index contributed by atoms with van der Waals surface area (Å²) < 4.78 is 33.5. The average Bonchev–Trinajstić information content (AvgIpc) is 3.38. The van der Waals surface area contributed by atoms with Gasteiger partial charge in [0.1, 0.15) is 11.4 Å². The van der Waals surface area contributed by atoms with Crippen molar-refractivity contribution in [3.8, 4) is 11.5 Å². The smallest absolute Gasteiger partial charge is 0.478 e. The third kappa shape index (κ3) is 7.15. The molecule has 0 radical (unpaired) electrons. The number of hydrogen-bond acceptors (Lipinski definition) is 13. The molecule has 0 spiro atoms. The highest BCUT2D eigenvalue weighted by Crippen LogP contribution is 2.62. The molecule has 2 aliphatic carbocycles. The van der Waals surface area contributed by atoms with Crippen LogP contribution in [0.25, 0.3) is 0 Å². The standard InChI is InChI=1S/C37H43NO13/c1-8-38(7)26-18-22-14-15-23(48-34(44)51-35(3,4)5)30-28(22)36(6)31(49-30)24(16-17-37(26,36)45)47-27(40)19-25(46-20(2)39)33(43)50-29(32(41)42)21-12-10-9-11-13-21/h9-16,25-26,29,31,45H,8,17-19H2,1-7H3,(H,41,42)/t25-,26+,29-,31-,36-,37+/m0/s1. The van der Waals surface area contributed by atoms with Crippen LogP contribution in [0, 0.1) is 0 Å². The summed E-state index contributed by atoms with van der Waals surface area (Å²) in [5, 5.41) is 22.3. The van der Waals surface area contributed by atoms with E-state index < -0.39 is 71.4 Å². The van der Waals surface area contributed by atoms with Crippen molar-refractivity contribution in [3.05, 3.63) is 71.0 Å². The molecule has 0 amide bonds. The van der Waals surface area contributed by atoms with E-state index in [4.69, 9.17) is 28.4 Å². The van der Waals surface area contributed by atoms with Crippen LogP contribution in [0.5, 0.6) is 11.5 Å². The number of benzene rings is 2. The van der Waals surface area contributed by atoms with Crippen molar-refractivity contribution in [2.24, 2.45) is 0 Å². The number of esters is 3. The number of ether oxygens (including phenoxy) is 6. The molecule has 2 N–H and O–H groups in total. The molecule has 5 rings (SSSR count). The number of aliphatic carboxylic acids is 1. The molecule has 0 saturated heterocycles. The van der Waals surface area contributed by atoms with Gasteiger partial charge in [0.15, 0.2) is 17.6 Å². The fourth-order valence-electron chi connectivity index (χ4n) is 7.10. The fraction of sp³-hybridized carbons (Fsp3) is 0.486. The van der Waals surface area contributed by atoms with Crippen molar-refractivity contribution in [2.75, 3.05) is 13.6 Å². The molecule has 1 aliphatic heterocycles. The van der Waals surface area contributed by atoms with Crippen molar-refractivity contribution in [1.29, 1.82) is 0 Å². The van der Waals surface area contributed by atoms with Crippen molar-refractivity contribution in [2.45, 2.75) is 102 Å². The van der Waals surface area contributed by atoms with Gasteiger partial charge in [-0.15, -0.1) is 0 Å². The van der Waals surface area contributed by atoms with Gasteiger partial charge in [0.2, 0.25) is 12.2 Å². The van der Waals surface area contributed by atoms with Gasteiger partial charge in [0.05, 0.1) is 17.4 Å². The first-order valence-corrected chi connectivity index (χ1v) is 16.6. The van der Waals surface area contributed by atoms with Crippen LogP contribution in [-0.4, -0.2) is 88.2 Å². The van der Waals surface area contributed by atoms with E-state index >= 15 is 0 Å². The van der Waals surface area contributed by atoms with Crippen LogP contribution in [-0.2, 0) is 50.0 Å². The van der Waals surface area contributed by atoms with Gasteiger partial charge in [-0.2, -0.15) is 0 Å². The number of carboxylic acid groups (broad SMARTS) is 1. The van der Waals surface area contributed by atoms with Gasteiger partial charge in [-0.25, -0.2) is 14.4 Å². The minimum Gasteiger partial charge on any atom is -0.478 e. The third-order valence-electron chi connectivity index (χ3n) is 9.55. The summed E-state index contributed by atoms with van der Waals surface area (Å²) in [6.45, 7) is 10.5. The van der Waals surface area contributed by atoms with E-state index in [1.807, 2.05) is 24.9 Å². The lowest BCUT2D eigenvalue weighted by molar-refractivity contribution is -0.179. The lowest BCUT2D eigenvalue weighted by Crippen LogP contribution is -2.69. The predicted molar refractivity (Wildman–Crippen MR) is 178 cm³/mol. The quantitative estimate of drug-likeness (QED) is 0.193. The minimum atomic E-state index is -1.84. The molecule has 3 aliphatic rings. The zero-order chi connectivity index (χ0) is 37.5. The molecule has 6 atom stereocenters. The molecule has 274 valence electrons. The molecule has 0 saturated carbocycles. The predicted octanol–water partition coefficient (Wildman–Crippen LogP) is 4.15. The van der Waals surface area contributed by atoms with E-state index in [-0.39, 0.29) is 35.3 Å². The van der Waals surface area contributed by atoms with E-state index in [1.165, 1.54) is 12.1 Å². The summed E-state index contributed by atoms with van der Waals surface area (Å²) in [6, 6.07) is 10.7. The van der Waals surface area contributed by atoms with Crippen LogP contribution >= 0.6 is 0 Å². The lowest BCUT2D eigenvalue weighted by Gasteiger charge is -2.56. The second kappa shape index (κ2) is 14.0. The molecule has 2 aromatic carbocycles. The molecule has 1 heterocycles. The van der Waals surface area contributed by atoms with E-state index in [1.54, 1.807) is 58.0 Å². The van der Waals surface area contributed by atoms with E-state index in [0.717, 1.165) is 12.5 Å². The Labute approximate surface area is 295 Å². The Bertz CT molecular complexity index is 1750. The Hall–Kier alpha value is -4.95. The zero-order valence-corrected chi connectivity index (χ0v) is 29.6. The van der Waals surface area contributed by atoms with Crippen LogP contribution in [0.2, 0.25) is 0 Å². The molecular weight excluding hydrogens is 666 g/mol.